The number of nitrogens with zero attached hydrogens (tertiary/aromatic N) is 1. The van der Waals surface area contributed by atoms with Crippen LogP contribution in [-0.4, -0.2) is 72.4 Å². The Morgan fingerprint density at radius 1 is 0.836 bits per heavy atom. The molecule has 0 unspecified atom stereocenters. The first-order valence-electron chi connectivity index (χ1n) is 19.3. The number of likely N-dealkylation sites (tertiary alicyclic amines) is 1. The van der Waals surface area contributed by atoms with Gasteiger partial charge in [-0.2, -0.15) is 0 Å². The van der Waals surface area contributed by atoms with E-state index in [4.69, 9.17) is 9.47 Å². The Morgan fingerprint density at radius 2 is 1.56 bits per heavy atom. The minimum Gasteiger partial charge on any atom is -0.487 e. The van der Waals surface area contributed by atoms with Crippen molar-refractivity contribution in [2.75, 3.05) is 44.6 Å². The van der Waals surface area contributed by atoms with Crippen molar-refractivity contribution in [2.24, 2.45) is 0 Å². The Kier molecular flexibility index (Phi) is 14.4. The van der Waals surface area contributed by atoms with E-state index in [1.54, 1.807) is 12.1 Å². The number of benzene rings is 4. The van der Waals surface area contributed by atoms with Crippen LogP contribution in [0.25, 0.3) is 22.0 Å². The van der Waals surface area contributed by atoms with E-state index in [0.717, 1.165) is 79.4 Å². The molecule has 5 N–H and O–H groups in total. The number of ether oxygens (including phenoxy) is 2. The number of hydrogen-bond acceptors (Lipinski definition) is 8. The summed E-state index contributed by atoms with van der Waals surface area (Å²) in [5, 5.41) is 21.0. The fourth-order valence-electron chi connectivity index (χ4n) is 6.87. The zero-order valence-corrected chi connectivity index (χ0v) is 31.2. The molecular formula is C44H51N5O6. The molecule has 11 heteroatoms. The quantitative estimate of drug-likeness (QED) is 0.0618. The Bertz CT molecular complexity index is 2030. The van der Waals surface area contributed by atoms with Gasteiger partial charge in [0.25, 0.3) is 0 Å². The van der Waals surface area contributed by atoms with Gasteiger partial charge in [0, 0.05) is 56.2 Å². The van der Waals surface area contributed by atoms with Crippen molar-refractivity contribution in [1.82, 2.24) is 20.5 Å². The van der Waals surface area contributed by atoms with E-state index in [1.807, 2.05) is 91.0 Å². The summed E-state index contributed by atoms with van der Waals surface area (Å²) in [4.78, 5) is 42.5. The van der Waals surface area contributed by atoms with Gasteiger partial charge in [0.05, 0.1) is 17.3 Å². The van der Waals surface area contributed by atoms with Crippen LogP contribution in [0.15, 0.2) is 114 Å². The number of amides is 2. The summed E-state index contributed by atoms with van der Waals surface area (Å²) in [6.45, 7) is 4.33. The van der Waals surface area contributed by atoms with Crippen molar-refractivity contribution < 1.29 is 24.2 Å². The number of piperidine rings is 1. The molecule has 1 aromatic heterocycles. The summed E-state index contributed by atoms with van der Waals surface area (Å²) in [7, 11) is 0. The number of rotatable bonds is 18. The lowest BCUT2D eigenvalue weighted by molar-refractivity contribution is -0.121. The molecule has 11 nitrogen and oxygen atoms in total. The van der Waals surface area contributed by atoms with Crippen LogP contribution < -0.4 is 26.2 Å². The average molecular weight is 746 g/mol. The van der Waals surface area contributed by atoms with Crippen LogP contribution >= 0.6 is 0 Å². The van der Waals surface area contributed by atoms with Crippen molar-refractivity contribution in [3.8, 4) is 16.9 Å². The highest BCUT2D eigenvalue weighted by atomic mass is 16.6. The molecule has 0 bridgehead atoms. The van der Waals surface area contributed by atoms with E-state index in [9.17, 15) is 19.5 Å². The Hall–Kier alpha value is -5.49. The first-order chi connectivity index (χ1) is 26.9. The lowest BCUT2D eigenvalue weighted by atomic mass is 10.0. The van der Waals surface area contributed by atoms with Gasteiger partial charge in [-0.15, -0.1) is 0 Å². The van der Waals surface area contributed by atoms with Gasteiger partial charge >= 0.3 is 6.09 Å². The number of para-hydroxylation sites is 1. The van der Waals surface area contributed by atoms with E-state index in [0.29, 0.717) is 49.6 Å². The van der Waals surface area contributed by atoms with Crippen LogP contribution in [0, 0.1) is 0 Å². The van der Waals surface area contributed by atoms with Crippen LogP contribution in [0.5, 0.6) is 5.75 Å². The molecule has 2 heterocycles. The number of aliphatic hydroxyl groups is 1. The first-order valence-corrected chi connectivity index (χ1v) is 19.3. The molecule has 0 spiro atoms. The number of H-pyrrole nitrogens is 1. The summed E-state index contributed by atoms with van der Waals surface area (Å²) in [5.41, 5.74) is 4.76. The second kappa shape index (κ2) is 20.3. The minimum absolute atomic E-state index is 0.0427. The number of carbonyl (C=O) groups is 2. The number of aromatic nitrogens is 1. The molecule has 1 saturated heterocycles. The number of pyridine rings is 1. The zero-order valence-electron chi connectivity index (χ0n) is 31.2. The number of hydrogen-bond donors (Lipinski definition) is 5. The minimum atomic E-state index is -0.762. The van der Waals surface area contributed by atoms with Gasteiger partial charge in [0.15, 0.2) is 0 Å². The van der Waals surface area contributed by atoms with Crippen molar-refractivity contribution >= 4 is 28.6 Å². The van der Waals surface area contributed by atoms with Crippen molar-refractivity contribution in [3.05, 3.63) is 131 Å². The molecule has 288 valence electrons. The molecule has 0 radical (unpaired) electrons. The standard InChI is InChI=1S/C44H51N5O6/c50-39(36-18-20-40(43-37(36)19-21-42(52)48-43)54-31-32-12-4-1-5-13-32)30-45-25-10-3-11-26-46-41(51)24-29-49-27-22-34(23-28-49)55-44(53)47-38-17-9-8-16-35(38)33-14-6-2-7-15-33/h1-2,4-9,12-21,34,39,45,50H,3,10-11,22-31H2,(H,46,51)(H,47,53)(H,48,52)/t39-/m1/s1. The number of anilines is 1. The van der Waals surface area contributed by atoms with Crippen molar-refractivity contribution in [1.29, 1.82) is 0 Å². The van der Waals surface area contributed by atoms with Gasteiger partial charge in [0.2, 0.25) is 11.5 Å². The van der Waals surface area contributed by atoms with E-state index in [-0.39, 0.29) is 17.6 Å². The summed E-state index contributed by atoms with van der Waals surface area (Å²) < 4.78 is 11.8. The molecule has 6 rings (SSSR count). The second-order valence-corrected chi connectivity index (χ2v) is 13.9. The van der Waals surface area contributed by atoms with E-state index < -0.39 is 12.2 Å². The van der Waals surface area contributed by atoms with Gasteiger partial charge in [0.1, 0.15) is 18.5 Å². The van der Waals surface area contributed by atoms with E-state index >= 15 is 0 Å². The third-order valence-electron chi connectivity index (χ3n) is 9.89. The molecule has 55 heavy (non-hydrogen) atoms. The maximum atomic E-state index is 12.7. The maximum Gasteiger partial charge on any atom is 0.411 e. The summed E-state index contributed by atoms with van der Waals surface area (Å²) >= 11 is 0. The monoisotopic (exact) mass is 745 g/mol. The van der Waals surface area contributed by atoms with Gasteiger partial charge in [-0.3, -0.25) is 14.9 Å². The van der Waals surface area contributed by atoms with Crippen molar-refractivity contribution in [3.63, 3.8) is 0 Å². The molecule has 1 atom stereocenters. The molecule has 4 aromatic carbocycles. The lowest BCUT2D eigenvalue weighted by Gasteiger charge is -2.31. The summed E-state index contributed by atoms with van der Waals surface area (Å²) in [6, 6.07) is 34.3. The Balaban J connectivity index is 0.815. The molecule has 1 aliphatic heterocycles. The Labute approximate surface area is 322 Å². The van der Waals surface area contributed by atoms with Gasteiger partial charge in [-0.1, -0.05) is 91.3 Å². The Morgan fingerprint density at radius 3 is 2.36 bits per heavy atom. The van der Waals surface area contributed by atoms with E-state index in [1.165, 1.54) is 6.07 Å². The number of aliphatic hydroxyl groups excluding tert-OH is 1. The number of aromatic amines is 1. The lowest BCUT2D eigenvalue weighted by Crippen LogP contribution is -2.40. The predicted octanol–water partition coefficient (Wildman–Crippen LogP) is 6.79. The molecule has 1 aliphatic rings. The fourth-order valence-corrected chi connectivity index (χ4v) is 6.87. The smallest absolute Gasteiger partial charge is 0.411 e. The third kappa shape index (κ3) is 11.7. The number of fused-ring (bicyclic) bond motifs is 1. The number of unbranched alkanes of at least 4 members (excludes halogenated alkanes) is 2. The fraction of sp³-hybridized carbons (Fsp3) is 0.341. The number of carbonyl (C=O) groups excluding carboxylic acids is 2. The summed E-state index contributed by atoms with van der Waals surface area (Å²) in [5.74, 6) is 0.601. The highest BCUT2D eigenvalue weighted by Gasteiger charge is 2.23. The molecule has 0 saturated carbocycles. The average Bonchev–Trinajstić information content (AvgIpc) is 3.21. The zero-order chi connectivity index (χ0) is 38.2. The first kappa shape index (κ1) is 39.2. The highest BCUT2D eigenvalue weighted by molar-refractivity contribution is 5.91. The third-order valence-corrected chi connectivity index (χ3v) is 9.89. The van der Waals surface area contributed by atoms with Crippen LogP contribution in [0.4, 0.5) is 10.5 Å². The van der Waals surface area contributed by atoms with Gasteiger partial charge in [-0.05, 0) is 67.1 Å². The second-order valence-electron chi connectivity index (χ2n) is 13.9. The molecule has 2 amide bonds. The summed E-state index contributed by atoms with van der Waals surface area (Å²) in [6.07, 6.45) is 3.26. The van der Waals surface area contributed by atoms with Crippen LogP contribution in [-0.2, 0) is 16.1 Å². The van der Waals surface area contributed by atoms with Crippen LogP contribution in [0.2, 0.25) is 0 Å². The van der Waals surface area contributed by atoms with E-state index in [2.05, 4.69) is 25.8 Å². The topological polar surface area (TPSA) is 145 Å². The van der Waals surface area contributed by atoms with Crippen LogP contribution in [0.1, 0.15) is 55.8 Å². The molecule has 5 aromatic rings. The van der Waals surface area contributed by atoms with Gasteiger partial charge in [-0.25, -0.2) is 4.79 Å². The number of nitrogens with one attached hydrogen (secondary N) is 4. The highest BCUT2D eigenvalue weighted by Crippen LogP contribution is 2.31. The van der Waals surface area contributed by atoms with Gasteiger partial charge < -0.3 is 35.1 Å². The molecule has 1 fully saturated rings. The van der Waals surface area contributed by atoms with Crippen LogP contribution in [0.3, 0.4) is 0 Å². The maximum absolute atomic E-state index is 12.7. The molecular weight excluding hydrogens is 695 g/mol. The predicted molar refractivity (Wildman–Crippen MR) is 216 cm³/mol. The SMILES string of the molecule is O=C(CCN1CCC(OC(=O)Nc2ccccc2-c2ccccc2)CC1)NCCCCCNC[C@@H](O)c1ccc(OCc2ccccc2)c2[nH]c(=O)ccc12. The van der Waals surface area contributed by atoms with Crippen molar-refractivity contribution in [2.45, 2.75) is 57.3 Å². The molecule has 0 aliphatic carbocycles. The largest absolute Gasteiger partial charge is 0.487 e. The normalized spacial score (nSPS) is 14.0.